The predicted molar refractivity (Wildman–Crippen MR) is 112 cm³/mol. The largest absolute Gasteiger partial charge is 0.497 e. The van der Waals surface area contributed by atoms with Crippen LogP contribution in [-0.2, 0) is 4.74 Å². The highest BCUT2D eigenvalue weighted by molar-refractivity contribution is 5.83. The van der Waals surface area contributed by atoms with Gasteiger partial charge in [0.1, 0.15) is 17.0 Å². The Morgan fingerprint density at radius 1 is 1.10 bits per heavy atom. The molecule has 8 nitrogen and oxygen atoms in total. The highest BCUT2D eigenvalue weighted by Gasteiger charge is 2.14. The fourth-order valence-corrected chi connectivity index (χ4v) is 3.66. The first-order valence-corrected chi connectivity index (χ1v) is 10.2. The molecule has 156 valence electrons. The van der Waals surface area contributed by atoms with Crippen molar-refractivity contribution < 1.29 is 18.6 Å². The molecule has 0 amide bonds. The zero-order chi connectivity index (χ0) is 20.3. The lowest BCUT2D eigenvalue weighted by atomic mass is 10.2. The summed E-state index contributed by atoms with van der Waals surface area (Å²) in [5, 5.41) is 5.61. The highest BCUT2D eigenvalue weighted by atomic mass is 16.5. The maximum atomic E-state index is 6.03. The van der Waals surface area contributed by atoms with E-state index in [9.17, 15) is 0 Å². The van der Waals surface area contributed by atoms with Gasteiger partial charge in [0.25, 0.3) is 0 Å². The van der Waals surface area contributed by atoms with E-state index >= 15 is 0 Å². The third kappa shape index (κ3) is 3.83. The molecule has 0 unspecified atom stereocenters. The second-order valence-corrected chi connectivity index (χ2v) is 7.26. The number of hydrogen-bond acceptors (Lipinski definition) is 7. The van der Waals surface area contributed by atoms with Gasteiger partial charge in [-0.05, 0) is 30.7 Å². The summed E-state index contributed by atoms with van der Waals surface area (Å²) in [5.74, 6) is 2.02. The van der Waals surface area contributed by atoms with E-state index in [1.165, 1.54) is 0 Å². The van der Waals surface area contributed by atoms with Gasteiger partial charge in [0.2, 0.25) is 5.88 Å². The number of methoxy groups -OCH3 is 1. The lowest BCUT2D eigenvalue weighted by Crippen LogP contribution is -2.37. The average Bonchev–Trinajstić information content (AvgIpc) is 3.40. The number of nitrogens with zero attached hydrogens (tertiary/aromatic N) is 4. The van der Waals surface area contributed by atoms with Crippen LogP contribution in [0.3, 0.4) is 0 Å². The van der Waals surface area contributed by atoms with Gasteiger partial charge in [0, 0.05) is 37.2 Å². The maximum absolute atomic E-state index is 6.03. The molecule has 4 aromatic rings. The maximum Gasteiger partial charge on any atom is 0.231 e. The molecule has 0 radical (unpaired) electrons. The molecule has 0 bridgehead atoms. The van der Waals surface area contributed by atoms with Gasteiger partial charge in [-0.1, -0.05) is 0 Å². The van der Waals surface area contributed by atoms with Crippen LogP contribution < -0.4 is 9.47 Å². The summed E-state index contributed by atoms with van der Waals surface area (Å²) >= 11 is 0. The van der Waals surface area contributed by atoms with Crippen LogP contribution in [0, 0.1) is 0 Å². The molecule has 30 heavy (non-hydrogen) atoms. The minimum atomic E-state index is 0.571. The molecule has 1 aromatic carbocycles. The molecular formula is C22H24N4O4. The molecule has 0 spiro atoms. The van der Waals surface area contributed by atoms with Crippen molar-refractivity contribution in [2.45, 2.75) is 6.42 Å². The quantitative estimate of drug-likeness (QED) is 0.435. The number of hydrogen-bond donors (Lipinski definition) is 0. The molecule has 0 N–H and O–H groups in total. The molecule has 0 atom stereocenters. The first kappa shape index (κ1) is 18.9. The molecule has 8 heteroatoms. The summed E-state index contributed by atoms with van der Waals surface area (Å²) in [5.41, 5.74) is 2.28. The molecular weight excluding hydrogens is 384 g/mol. The third-order valence-electron chi connectivity index (χ3n) is 5.29. The fourth-order valence-electron chi connectivity index (χ4n) is 3.66. The van der Waals surface area contributed by atoms with Crippen LogP contribution in [0.4, 0.5) is 0 Å². The molecule has 4 heterocycles. The number of imidazole rings is 1. The zero-order valence-electron chi connectivity index (χ0n) is 16.9. The van der Waals surface area contributed by atoms with Crippen molar-refractivity contribution in [3.63, 3.8) is 0 Å². The summed E-state index contributed by atoms with van der Waals surface area (Å²) in [7, 11) is 1.64. The number of furan rings is 1. The molecule has 0 saturated carbocycles. The van der Waals surface area contributed by atoms with Gasteiger partial charge in [0.15, 0.2) is 11.4 Å². The molecule has 5 rings (SSSR count). The average molecular weight is 408 g/mol. The second kappa shape index (κ2) is 8.33. The number of ether oxygens (including phenoxy) is 3. The van der Waals surface area contributed by atoms with E-state index in [2.05, 4.69) is 15.0 Å². The van der Waals surface area contributed by atoms with Gasteiger partial charge in [-0.3, -0.25) is 4.90 Å². The molecule has 1 fully saturated rings. The van der Waals surface area contributed by atoms with Crippen molar-refractivity contribution in [1.82, 2.24) is 19.5 Å². The topological polar surface area (TPSA) is 74.3 Å². The third-order valence-corrected chi connectivity index (χ3v) is 5.29. The number of benzene rings is 1. The molecule has 1 aliphatic rings. The Hall–Kier alpha value is -3.10. The van der Waals surface area contributed by atoms with E-state index in [-0.39, 0.29) is 0 Å². The van der Waals surface area contributed by atoms with E-state index in [0.717, 1.165) is 67.3 Å². The van der Waals surface area contributed by atoms with Crippen LogP contribution in [0.1, 0.15) is 6.42 Å². The summed E-state index contributed by atoms with van der Waals surface area (Å²) < 4.78 is 24.3. The molecule has 3 aromatic heterocycles. The number of morpholine rings is 1. The van der Waals surface area contributed by atoms with Crippen molar-refractivity contribution in [3.05, 3.63) is 42.6 Å². The van der Waals surface area contributed by atoms with Gasteiger partial charge < -0.3 is 18.6 Å². The van der Waals surface area contributed by atoms with Crippen molar-refractivity contribution in [1.29, 1.82) is 0 Å². The Kier molecular flexibility index (Phi) is 5.25. The molecule has 1 saturated heterocycles. The summed E-state index contributed by atoms with van der Waals surface area (Å²) in [6.45, 7) is 5.24. The molecule has 1 aliphatic heterocycles. The Balaban J connectivity index is 1.31. The highest BCUT2D eigenvalue weighted by Crippen LogP contribution is 2.30. The van der Waals surface area contributed by atoms with Crippen molar-refractivity contribution in [2.75, 3.05) is 46.6 Å². The van der Waals surface area contributed by atoms with Crippen LogP contribution in [0.5, 0.6) is 11.6 Å². The first-order valence-electron chi connectivity index (χ1n) is 10.2. The lowest BCUT2D eigenvalue weighted by Gasteiger charge is -2.26. The van der Waals surface area contributed by atoms with E-state index in [4.69, 9.17) is 18.6 Å². The monoisotopic (exact) mass is 408 g/mol. The van der Waals surface area contributed by atoms with Gasteiger partial charge in [-0.15, -0.1) is 5.10 Å². The summed E-state index contributed by atoms with van der Waals surface area (Å²) in [6, 6.07) is 11.5. The van der Waals surface area contributed by atoms with Gasteiger partial charge in [-0.2, -0.15) is 0 Å². The smallest absolute Gasteiger partial charge is 0.231 e. The van der Waals surface area contributed by atoms with Gasteiger partial charge >= 0.3 is 0 Å². The summed E-state index contributed by atoms with van der Waals surface area (Å²) in [4.78, 5) is 6.84. The number of fused-ring (bicyclic) bond motifs is 2. The number of aromatic nitrogens is 3. The van der Waals surface area contributed by atoms with Crippen LogP contribution in [0.2, 0.25) is 0 Å². The van der Waals surface area contributed by atoms with Gasteiger partial charge in [0.05, 0.1) is 33.1 Å². The molecule has 0 aliphatic carbocycles. The minimum Gasteiger partial charge on any atom is -0.497 e. The normalized spacial score (nSPS) is 15.1. The fraction of sp³-hybridized carbons (Fsp3) is 0.364. The second-order valence-electron chi connectivity index (χ2n) is 7.26. The Morgan fingerprint density at radius 2 is 2.00 bits per heavy atom. The van der Waals surface area contributed by atoms with E-state index in [1.54, 1.807) is 17.8 Å². The van der Waals surface area contributed by atoms with Crippen LogP contribution in [0.15, 0.2) is 47.0 Å². The van der Waals surface area contributed by atoms with Crippen LogP contribution >= 0.6 is 0 Å². The predicted octanol–water partition coefficient (Wildman–Crippen LogP) is 3.25. The first-order chi connectivity index (χ1) is 14.8. The van der Waals surface area contributed by atoms with E-state index < -0.39 is 0 Å². The van der Waals surface area contributed by atoms with Crippen molar-refractivity contribution in [3.8, 4) is 23.1 Å². The van der Waals surface area contributed by atoms with Gasteiger partial charge in [-0.25, -0.2) is 9.50 Å². The Bertz CT molecular complexity index is 1150. The lowest BCUT2D eigenvalue weighted by molar-refractivity contribution is 0.0357. The Labute approximate surface area is 174 Å². The van der Waals surface area contributed by atoms with Crippen molar-refractivity contribution >= 4 is 16.6 Å². The van der Waals surface area contributed by atoms with E-state index in [0.29, 0.717) is 18.2 Å². The van der Waals surface area contributed by atoms with Crippen LogP contribution in [0.25, 0.3) is 28.1 Å². The van der Waals surface area contributed by atoms with Crippen LogP contribution in [-0.4, -0.2) is 66.1 Å². The SMILES string of the molecule is COc1ccc2cc(-c3cnc4ccc(OCCCN5CCOCC5)nn34)oc2c1. The standard InChI is InChI=1S/C22H24N4O4/c1-27-17-4-3-16-13-20(30-19(16)14-17)18-15-23-21-5-6-22(24-26(18)21)29-10-2-7-25-8-11-28-12-9-25/h3-6,13-15H,2,7-12H2,1H3. The van der Waals surface area contributed by atoms with Crippen molar-refractivity contribution in [2.24, 2.45) is 0 Å². The van der Waals surface area contributed by atoms with E-state index in [1.807, 2.05) is 36.4 Å². The Morgan fingerprint density at radius 3 is 2.87 bits per heavy atom. The number of rotatable bonds is 7. The zero-order valence-corrected chi connectivity index (χ0v) is 16.9. The summed E-state index contributed by atoms with van der Waals surface area (Å²) in [6.07, 6.45) is 2.71. The minimum absolute atomic E-state index is 0.571.